The van der Waals surface area contributed by atoms with Crippen LogP contribution in [0.3, 0.4) is 0 Å². The molecule has 0 aliphatic carbocycles. The fraction of sp³-hybridized carbons (Fsp3) is 0.200. The molecule has 0 spiro atoms. The van der Waals surface area contributed by atoms with Crippen LogP contribution in [-0.2, 0) is 11.2 Å². The van der Waals surface area contributed by atoms with Crippen molar-refractivity contribution in [3.63, 3.8) is 0 Å². The smallest absolute Gasteiger partial charge is 0.264 e. The van der Waals surface area contributed by atoms with Crippen molar-refractivity contribution in [2.75, 3.05) is 11.9 Å². The minimum absolute atomic E-state index is 0.0422. The second-order valence-corrected chi connectivity index (χ2v) is 7.89. The summed E-state index contributed by atoms with van der Waals surface area (Å²) >= 11 is 4.89. The highest BCUT2D eigenvalue weighted by molar-refractivity contribution is 9.10. The number of hydrogen-bond donors (Lipinski definition) is 1. The Kier molecular flexibility index (Phi) is 6.06. The number of ether oxygens (including phenoxy) is 1. The van der Waals surface area contributed by atoms with Crippen LogP contribution < -0.4 is 10.1 Å². The van der Waals surface area contributed by atoms with Gasteiger partial charge in [-0.15, -0.1) is 11.3 Å². The van der Waals surface area contributed by atoms with Crippen LogP contribution in [0.1, 0.15) is 17.4 Å². The molecule has 1 aromatic heterocycles. The van der Waals surface area contributed by atoms with Crippen molar-refractivity contribution < 1.29 is 9.53 Å². The Labute approximate surface area is 165 Å². The highest BCUT2D eigenvalue weighted by Crippen LogP contribution is 2.31. The third kappa shape index (κ3) is 4.71. The number of benzene rings is 2. The first-order valence-electron chi connectivity index (χ1n) is 8.30. The number of aryl methyl sites for hydroxylation is 2. The Balaban J connectivity index is 1.62. The van der Waals surface area contributed by atoms with Crippen molar-refractivity contribution >= 4 is 38.3 Å². The first kappa shape index (κ1) is 18.6. The molecule has 3 rings (SSSR count). The van der Waals surface area contributed by atoms with Crippen LogP contribution >= 0.6 is 27.3 Å². The van der Waals surface area contributed by atoms with E-state index >= 15 is 0 Å². The molecule has 2 aromatic carbocycles. The van der Waals surface area contributed by atoms with Gasteiger partial charge in [-0.2, -0.15) is 0 Å². The molecule has 0 radical (unpaired) electrons. The van der Waals surface area contributed by atoms with E-state index in [1.54, 1.807) is 0 Å². The lowest BCUT2D eigenvalue weighted by Gasteiger charge is -2.07. The number of thiazole rings is 1. The number of aromatic nitrogens is 1. The lowest BCUT2D eigenvalue weighted by molar-refractivity contribution is -0.118. The minimum atomic E-state index is -0.219. The summed E-state index contributed by atoms with van der Waals surface area (Å²) in [7, 11) is 0. The number of hydrogen-bond acceptors (Lipinski definition) is 4. The van der Waals surface area contributed by atoms with Crippen molar-refractivity contribution in [2.24, 2.45) is 0 Å². The highest BCUT2D eigenvalue weighted by atomic mass is 79.9. The van der Waals surface area contributed by atoms with E-state index in [-0.39, 0.29) is 12.5 Å². The van der Waals surface area contributed by atoms with Crippen molar-refractivity contribution in [2.45, 2.75) is 20.3 Å². The Morgan fingerprint density at radius 3 is 2.73 bits per heavy atom. The van der Waals surface area contributed by atoms with E-state index in [1.165, 1.54) is 16.9 Å². The van der Waals surface area contributed by atoms with E-state index in [9.17, 15) is 4.79 Å². The number of nitrogens with zero attached hydrogens (tertiary/aromatic N) is 1. The predicted molar refractivity (Wildman–Crippen MR) is 110 cm³/mol. The van der Waals surface area contributed by atoms with Crippen LogP contribution in [0.4, 0.5) is 5.13 Å². The molecule has 6 heteroatoms. The molecule has 134 valence electrons. The summed E-state index contributed by atoms with van der Waals surface area (Å²) in [6.07, 6.45) is 0.931. The Morgan fingerprint density at radius 2 is 2.00 bits per heavy atom. The molecule has 0 unspecified atom stereocenters. The molecule has 0 bridgehead atoms. The molecule has 0 fully saturated rings. The number of carbonyl (C=O) groups excluding carboxylic acids is 1. The third-order valence-corrected chi connectivity index (χ3v) is 5.25. The van der Waals surface area contributed by atoms with Crippen LogP contribution in [0.5, 0.6) is 5.75 Å². The van der Waals surface area contributed by atoms with Gasteiger partial charge in [-0.3, -0.25) is 10.1 Å². The zero-order chi connectivity index (χ0) is 18.5. The quantitative estimate of drug-likeness (QED) is 0.564. The lowest BCUT2D eigenvalue weighted by atomic mass is 10.1. The second kappa shape index (κ2) is 8.47. The van der Waals surface area contributed by atoms with Crippen molar-refractivity contribution in [3.05, 3.63) is 63.4 Å². The van der Waals surface area contributed by atoms with Gasteiger partial charge in [-0.1, -0.05) is 47.1 Å². The molecule has 0 atom stereocenters. The SMILES string of the molecule is CCc1cccc(OCC(=O)Nc2nc(-c3ccc(Br)cc3)c(C)s2)c1. The van der Waals surface area contributed by atoms with Crippen LogP contribution in [0.25, 0.3) is 11.3 Å². The van der Waals surface area contributed by atoms with Gasteiger partial charge < -0.3 is 4.74 Å². The van der Waals surface area contributed by atoms with Crippen LogP contribution in [-0.4, -0.2) is 17.5 Å². The van der Waals surface area contributed by atoms with E-state index in [1.807, 2.05) is 55.5 Å². The number of anilines is 1. The summed E-state index contributed by atoms with van der Waals surface area (Å²) in [5, 5.41) is 3.40. The second-order valence-electron chi connectivity index (χ2n) is 5.77. The van der Waals surface area contributed by atoms with Crippen LogP contribution in [0.2, 0.25) is 0 Å². The summed E-state index contributed by atoms with van der Waals surface area (Å²) in [5.41, 5.74) is 3.09. The number of rotatable bonds is 6. The van der Waals surface area contributed by atoms with Gasteiger partial charge in [0, 0.05) is 14.9 Å². The topological polar surface area (TPSA) is 51.2 Å². The average Bonchev–Trinajstić information content (AvgIpc) is 3.01. The number of halogens is 1. The first-order valence-corrected chi connectivity index (χ1v) is 9.91. The standard InChI is InChI=1S/C20H19BrN2O2S/c1-3-14-5-4-6-17(11-14)25-12-18(24)22-20-23-19(13(2)26-20)15-7-9-16(21)10-8-15/h4-11H,3,12H2,1-2H3,(H,22,23,24). The van der Waals surface area contributed by atoms with E-state index in [2.05, 4.69) is 33.2 Å². The van der Waals surface area contributed by atoms with Gasteiger partial charge in [0.25, 0.3) is 5.91 Å². The lowest BCUT2D eigenvalue weighted by Crippen LogP contribution is -2.20. The Morgan fingerprint density at radius 1 is 1.23 bits per heavy atom. The Bertz CT molecular complexity index is 906. The number of amides is 1. The van der Waals surface area contributed by atoms with Gasteiger partial charge in [-0.05, 0) is 43.2 Å². The molecular formula is C20H19BrN2O2S. The molecular weight excluding hydrogens is 412 g/mol. The molecule has 1 amide bonds. The molecule has 0 aliphatic heterocycles. The van der Waals surface area contributed by atoms with E-state index in [0.717, 1.165) is 27.0 Å². The molecule has 0 saturated carbocycles. The highest BCUT2D eigenvalue weighted by Gasteiger charge is 2.12. The molecule has 1 N–H and O–H groups in total. The van der Waals surface area contributed by atoms with Gasteiger partial charge >= 0.3 is 0 Å². The fourth-order valence-electron chi connectivity index (χ4n) is 2.48. The molecule has 26 heavy (non-hydrogen) atoms. The monoisotopic (exact) mass is 430 g/mol. The summed E-state index contributed by atoms with van der Waals surface area (Å²) in [5.74, 6) is 0.480. The molecule has 0 saturated heterocycles. The summed E-state index contributed by atoms with van der Waals surface area (Å²) in [6.45, 7) is 4.04. The first-order chi connectivity index (χ1) is 12.5. The zero-order valence-electron chi connectivity index (χ0n) is 14.6. The van der Waals surface area contributed by atoms with E-state index in [0.29, 0.717) is 10.9 Å². The average molecular weight is 431 g/mol. The van der Waals surface area contributed by atoms with Crippen molar-refractivity contribution in [1.82, 2.24) is 4.98 Å². The van der Waals surface area contributed by atoms with E-state index < -0.39 is 0 Å². The summed E-state index contributed by atoms with van der Waals surface area (Å²) in [6, 6.07) is 15.7. The van der Waals surface area contributed by atoms with E-state index in [4.69, 9.17) is 4.74 Å². The molecule has 0 aliphatic rings. The normalized spacial score (nSPS) is 10.6. The van der Waals surface area contributed by atoms with Gasteiger partial charge in [0.2, 0.25) is 0 Å². The maximum atomic E-state index is 12.2. The molecule has 3 aromatic rings. The van der Waals surface area contributed by atoms with Crippen molar-refractivity contribution in [1.29, 1.82) is 0 Å². The number of carbonyl (C=O) groups is 1. The maximum Gasteiger partial charge on any atom is 0.264 e. The van der Waals surface area contributed by atoms with Crippen LogP contribution in [0, 0.1) is 6.92 Å². The van der Waals surface area contributed by atoms with Crippen LogP contribution in [0.15, 0.2) is 53.0 Å². The van der Waals surface area contributed by atoms with Gasteiger partial charge in [-0.25, -0.2) is 4.98 Å². The summed E-state index contributed by atoms with van der Waals surface area (Å²) in [4.78, 5) is 17.8. The largest absolute Gasteiger partial charge is 0.484 e. The third-order valence-electron chi connectivity index (χ3n) is 3.84. The van der Waals surface area contributed by atoms with Gasteiger partial charge in [0.05, 0.1) is 5.69 Å². The molecule has 4 nitrogen and oxygen atoms in total. The zero-order valence-corrected chi connectivity index (χ0v) is 17.0. The predicted octanol–water partition coefficient (Wildman–Crippen LogP) is 5.46. The fourth-order valence-corrected chi connectivity index (χ4v) is 3.60. The van der Waals surface area contributed by atoms with Gasteiger partial charge in [0.15, 0.2) is 11.7 Å². The number of nitrogens with one attached hydrogen (secondary N) is 1. The minimum Gasteiger partial charge on any atom is -0.484 e. The summed E-state index contributed by atoms with van der Waals surface area (Å²) < 4.78 is 6.60. The maximum absolute atomic E-state index is 12.2. The Hall–Kier alpha value is -2.18. The molecule has 1 heterocycles. The van der Waals surface area contributed by atoms with Gasteiger partial charge in [0.1, 0.15) is 5.75 Å². The van der Waals surface area contributed by atoms with Crippen molar-refractivity contribution in [3.8, 4) is 17.0 Å².